The smallest absolute Gasteiger partial charge is 0.338 e. The molecule has 1 N–H and O–H groups in total. The number of carbonyl (C=O) groups excluding carboxylic acids is 2. The molecular weight excluding hydrogens is 408 g/mol. The number of carbonyl (C=O) groups is 2. The minimum atomic E-state index is -3.89. The number of hydrogen-bond acceptors (Lipinski definition) is 6. The lowest BCUT2D eigenvalue weighted by atomic mass is 10.2. The number of esters is 1. The van der Waals surface area contributed by atoms with Crippen LogP contribution in [0.25, 0.3) is 0 Å². The molecule has 2 aromatic rings. The molecular formula is C21H24N2O6S. The minimum Gasteiger partial charge on any atom is -0.495 e. The lowest BCUT2D eigenvalue weighted by Crippen LogP contribution is -2.35. The third-order valence-corrected chi connectivity index (χ3v) is 6.03. The van der Waals surface area contributed by atoms with Crippen LogP contribution in [0.1, 0.15) is 17.3 Å². The molecule has 0 spiro atoms. The number of anilines is 1. The fourth-order valence-electron chi connectivity index (χ4n) is 2.54. The summed E-state index contributed by atoms with van der Waals surface area (Å²) >= 11 is 0. The summed E-state index contributed by atoms with van der Waals surface area (Å²) in [6.45, 7) is 5.19. The van der Waals surface area contributed by atoms with Crippen molar-refractivity contribution >= 4 is 27.6 Å². The number of ether oxygens (including phenoxy) is 2. The van der Waals surface area contributed by atoms with Gasteiger partial charge >= 0.3 is 5.97 Å². The first kappa shape index (κ1) is 23.0. The van der Waals surface area contributed by atoms with Gasteiger partial charge in [-0.05, 0) is 43.3 Å². The number of nitrogens with zero attached hydrogens (tertiary/aromatic N) is 1. The third kappa shape index (κ3) is 5.18. The minimum absolute atomic E-state index is 0.00997. The van der Waals surface area contributed by atoms with Gasteiger partial charge in [0.05, 0.1) is 23.3 Å². The molecule has 30 heavy (non-hydrogen) atoms. The number of rotatable bonds is 9. The van der Waals surface area contributed by atoms with Crippen LogP contribution in [0, 0.1) is 0 Å². The van der Waals surface area contributed by atoms with Crippen LogP contribution in [-0.2, 0) is 19.6 Å². The molecule has 0 aliphatic rings. The highest BCUT2D eigenvalue weighted by atomic mass is 32.2. The fraction of sp³-hybridized carbons (Fsp3) is 0.238. The van der Waals surface area contributed by atoms with Crippen LogP contribution in [0.2, 0.25) is 0 Å². The van der Waals surface area contributed by atoms with Gasteiger partial charge in [0, 0.05) is 13.6 Å². The first-order chi connectivity index (χ1) is 14.2. The van der Waals surface area contributed by atoms with Crippen molar-refractivity contribution in [2.24, 2.45) is 0 Å². The van der Waals surface area contributed by atoms with Gasteiger partial charge in [0.2, 0.25) is 0 Å². The van der Waals surface area contributed by atoms with E-state index < -0.39 is 28.0 Å². The molecule has 0 saturated heterocycles. The first-order valence-electron chi connectivity index (χ1n) is 9.04. The Morgan fingerprint density at radius 1 is 1.17 bits per heavy atom. The molecule has 160 valence electrons. The average Bonchev–Trinajstić information content (AvgIpc) is 2.76. The van der Waals surface area contributed by atoms with Crippen molar-refractivity contribution in [1.29, 1.82) is 0 Å². The molecule has 0 aromatic heterocycles. The summed E-state index contributed by atoms with van der Waals surface area (Å²) < 4.78 is 37.3. The second-order valence-corrected chi connectivity index (χ2v) is 8.22. The maximum Gasteiger partial charge on any atom is 0.338 e. The van der Waals surface area contributed by atoms with Gasteiger partial charge in [0.1, 0.15) is 5.75 Å². The summed E-state index contributed by atoms with van der Waals surface area (Å²) in [7, 11) is -1.01. The summed E-state index contributed by atoms with van der Waals surface area (Å²) in [5.41, 5.74) is 0.500. The Kier molecular flexibility index (Phi) is 7.60. The maximum atomic E-state index is 12.9. The summed E-state index contributed by atoms with van der Waals surface area (Å²) in [5.74, 6) is -0.786. The van der Waals surface area contributed by atoms with Gasteiger partial charge in [0.15, 0.2) is 6.10 Å². The molecule has 2 rings (SSSR count). The van der Waals surface area contributed by atoms with Crippen molar-refractivity contribution in [1.82, 2.24) is 5.32 Å². The molecule has 0 heterocycles. The lowest BCUT2D eigenvalue weighted by Gasteiger charge is -2.21. The van der Waals surface area contributed by atoms with E-state index >= 15 is 0 Å². The van der Waals surface area contributed by atoms with Crippen LogP contribution in [0.4, 0.5) is 5.69 Å². The van der Waals surface area contributed by atoms with Crippen molar-refractivity contribution in [2.45, 2.75) is 17.9 Å². The molecule has 2 aromatic carbocycles. The normalized spacial score (nSPS) is 11.8. The largest absolute Gasteiger partial charge is 0.495 e. The Labute approximate surface area is 176 Å². The SMILES string of the molecule is C=CCNC(=O)C(C)OC(=O)c1ccc(S(=O)(=O)N(C)c2ccccc2OC)cc1. The zero-order valence-electron chi connectivity index (χ0n) is 17.0. The van der Waals surface area contributed by atoms with Crippen molar-refractivity contribution in [3.05, 3.63) is 66.7 Å². The number of methoxy groups -OCH3 is 1. The number of sulfonamides is 1. The standard InChI is InChI=1S/C21H24N2O6S/c1-5-14-22-20(24)15(2)29-21(25)16-10-12-17(13-11-16)30(26,27)23(3)18-8-6-7-9-19(18)28-4/h5-13,15H,1,14H2,2-4H3,(H,22,24). The Hall–Kier alpha value is -3.33. The molecule has 1 atom stereocenters. The Morgan fingerprint density at radius 3 is 2.40 bits per heavy atom. The van der Waals surface area contributed by atoms with E-state index in [0.29, 0.717) is 11.4 Å². The second-order valence-electron chi connectivity index (χ2n) is 6.25. The summed E-state index contributed by atoms with van der Waals surface area (Å²) in [4.78, 5) is 24.0. The van der Waals surface area contributed by atoms with Crippen LogP contribution in [0.5, 0.6) is 5.75 Å². The molecule has 0 bridgehead atoms. The van der Waals surface area contributed by atoms with E-state index in [2.05, 4.69) is 11.9 Å². The number of hydrogen-bond donors (Lipinski definition) is 1. The summed E-state index contributed by atoms with van der Waals surface area (Å²) in [6, 6.07) is 12.0. The van der Waals surface area contributed by atoms with Crippen molar-refractivity contribution in [2.75, 3.05) is 25.0 Å². The average molecular weight is 432 g/mol. The van der Waals surface area contributed by atoms with Gasteiger partial charge < -0.3 is 14.8 Å². The molecule has 0 aliphatic carbocycles. The molecule has 0 saturated carbocycles. The quantitative estimate of drug-likeness (QED) is 0.482. The monoisotopic (exact) mass is 432 g/mol. The van der Waals surface area contributed by atoms with Gasteiger partial charge in [-0.2, -0.15) is 0 Å². The van der Waals surface area contributed by atoms with Crippen LogP contribution >= 0.6 is 0 Å². The van der Waals surface area contributed by atoms with Crippen LogP contribution < -0.4 is 14.4 Å². The van der Waals surface area contributed by atoms with Gasteiger partial charge in [-0.3, -0.25) is 9.10 Å². The van der Waals surface area contributed by atoms with E-state index in [1.165, 1.54) is 51.4 Å². The molecule has 9 heteroatoms. The predicted octanol–water partition coefficient (Wildman–Crippen LogP) is 2.37. The van der Waals surface area contributed by atoms with Crippen LogP contribution in [0.15, 0.2) is 66.1 Å². The van der Waals surface area contributed by atoms with Gasteiger partial charge in [-0.15, -0.1) is 6.58 Å². The van der Waals surface area contributed by atoms with E-state index in [1.807, 2.05) is 0 Å². The van der Waals surface area contributed by atoms with Crippen molar-refractivity contribution in [3.63, 3.8) is 0 Å². The number of nitrogens with one attached hydrogen (secondary N) is 1. The van der Waals surface area contributed by atoms with Gasteiger partial charge in [-0.25, -0.2) is 13.2 Å². The Balaban J connectivity index is 2.16. The highest BCUT2D eigenvalue weighted by Gasteiger charge is 2.24. The van der Waals surface area contributed by atoms with Gasteiger partial charge in [-0.1, -0.05) is 18.2 Å². The third-order valence-electron chi connectivity index (χ3n) is 4.25. The number of benzene rings is 2. The van der Waals surface area contributed by atoms with Crippen molar-refractivity contribution < 1.29 is 27.5 Å². The van der Waals surface area contributed by atoms with E-state index in [4.69, 9.17) is 9.47 Å². The fourth-order valence-corrected chi connectivity index (χ4v) is 3.75. The number of amides is 1. The zero-order valence-corrected chi connectivity index (χ0v) is 17.8. The molecule has 1 amide bonds. The topological polar surface area (TPSA) is 102 Å². The first-order valence-corrected chi connectivity index (χ1v) is 10.5. The number of para-hydroxylation sites is 2. The van der Waals surface area contributed by atoms with E-state index in [1.54, 1.807) is 24.3 Å². The summed E-state index contributed by atoms with van der Waals surface area (Å²) in [6.07, 6.45) is 0.505. The summed E-state index contributed by atoms with van der Waals surface area (Å²) in [5, 5.41) is 2.53. The van der Waals surface area contributed by atoms with Gasteiger partial charge in [0.25, 0.3) is 15.9 Å². The Bertz CT molecular complexity index is 1020. The highest BCUT2D eigenvalue weighted by molar-refractivity contribution is 7.92. The van der Waals surface area contributed by atoms with E-state index in [9.17, 15) is 18.0 Å². The molecule has 8 nitrogen and oxygen atoms in total. The van der Waals surface area contributed by atoms with E-state index in [0.717, 1.165) is 4.31 Å². The molecule has 0 aliphatic heterocycles. The van der Waals surface area contributed by atoms with E-state index in [-0.39, 0.29) is 17.0 Å². The lowest BCUT2D eigenvalue weighted by molar-refractivity contribution is -0.128. The van der Waals surface area contributed by atoms with Crippen LogP contribution in [0.3, 0.4) is 0 Å². The molecule has 0 fully saturated rings. The molecule has 0 radical (unpaired) electrons. The van der Waals surface area contributed by atoms with Crippen LogP contribution in [-0.4, -0.2) is 47.1 Å². The predicted molar refractivity (Wildman–Crippen MR) is 113 cm³/mol. The zero-order chi connectivity index (χ0) is 22.3. The second kappa shape index (κ2) is 9.93. The Morgan fingerprint density at radius 2 is 1.80 bits per heavy atom. The highest BCUT2D eigenvalue weighted by Crippen LogP contribution is 2.30. The molecule has 1 unspecified atom stereocenters. The van der Waals surface area contributed by atoms with Crippen molar-refractivity contribution in [3.8, 4) is 5.75 Å². The maximum absolute atomic E-state index is 12.9.